The average molecular weight is 314 g/mol. The Morgan fingerprint density at radius 3 is 2.59 bits per heavy atom. The summed E-state index contributed by atoms with van der Waals surface area (Å²) in [4.78, 5) is 34.5. The van der Waals surface area contributed by atoms with E-state index in [0.717, 1.165) is 0 Å². The molecule has 1 aliphatic carbocycles. The highest BCUT2D eigenvalue weighted by atomic mass is 16.3. The zero-order valence-corrected chi connectivity index (χ0v) is 12.5. The molecule has 0 spiro atoms. The van der Waals surface area contributed by atoms with E-state index in [1.54, 1.807) is 7.05 Å². The number of rotatable bonds is 6. The summed E-state index contributed by atoms with van der Waals surface area (Å²) in [5, 5.41) is 27.2. The predicted molar refractivity (Wildman–Crippen MR) is 77.4 cm³/mol. The number of hydrogen-bond donors (Lipinski definition) is 6. The van der Waals surface area contributed by atoms with Crippen LogP contribution in [0.5, 0.6) is 0 Å². The summed E-state index contributed by atoms with van der Waals surface area (Å²) in [6.07, 6.45) is -1.13. The highest BCUT2D eigenvalue weighted by Crippen LogP contribution is 2.20. The summed E-state index contributed by atoms with van der Waals surface area (Å²) in [6, 6.07) is -1.76. The van der Waals surface area contributed by atoms with Crippen molar-refractivity contribution in [3.05, 3.63) is 11.6 Å². The monoisotopic (exact) mass is 314 g/mol. The van der Waals surface area contributed by atoms with E-state index in [9.17, 15) is 24.6 Å². The smallest absolute Gasteiger partial charge is 0.247 e. The van der Waals surface area contributed by atoms with E-state index in [-0.39, 0.29) is 24.4 Å². The lowest BCUT2D eigenvalue weighted by Gasteiger charge is -2.31. The second-order valence-corrected chi connectivity index (χ2v) is 5.18. The number of amides is 3. The van der Waals surface area contributed by atoms with Crippen LogP contribution in [0.3, 0.4) is 0 Å². The van der Waals surface area contributed by atoms with Gasteiger partial charge in [-0.05, 0) is 14.0 Å². The zero-order valence-electron chi connectivity index (χ0n) is 12.5. The van der Waals surface area contributed by atoms with Gasteiger partial charge in [-0.3, -0.25) is 14.4 Å². The summed E-state index contributed by atoms with van der Waals surface area (Å²) in [5.41, 5.74) is 5.23. The fourth-order valence-electron chi connectivity index (χ4n) is 2.02. The van der Waals surface area contributed by atoms with E-state index in [2.05, 4.69) is 16.0 Å². The van der Waals surface area contributed by atoms with E-state index in [1.165, 1.54) is 13.0 Å². The second-order valence-electron chi connectivity index (χ2n) is 5.18. The van der Waals surface area contributed by atoms with Crippen molar-refractivity contribution in [2.45, 2.75) is 37.6 Å². The standard InChI is InChI=1S/C13H22N4O5/c1-6(12(14)21)16-13(22)7-3-8(11(20)9(18)4-7)17-10(19)5-15-2/h3,6,8-9,11,15,18,20H,4-5H2,1-2H3,(H2,14,21)(H,16,22)(H,17,19). The van der Waals surface area contributed by atoms with Gasteiger partial charge in [-0.25, -0.2) is 0 Å². The van der Waals surface area contributed by atoms with Gasteiger partial charge in [0.05, 0.1) is 18.7 Å². The van der Waals surface area contributed by atoms with Gasteiger partial charge in [-0.2, -0.15) is 0 Å². The molecule has 0 saturated carbocycles. The van der Waals surface area contributed by atoms with E-state index in [4.69, 9.17) is 5.73 Å². The lowest BCUT2D eigenvalue weighted by atomic mass is 9.90. The number of carbonyl (C=O) groups excluding carboxylic acids is 3. The van der Waals surface area contributed by atoms with E-state index >= 15 is 0 Å². The van der Waals surface area contributed by atoms with Crippen molar-refractivity contribution in [3.63, 3.8) is 0 Å². The van der Waals surface area contributed by atoms with Crippen LogP contribution in [0.15, 0.2) is 11.6 Å². The molecule has 0 heterocycles. The Labute approximate surface area is 127 Å². The molecule has 7 N–H and O–H groups in total. The fraction of sp³-hybridized carbons (Fsp3) is 0.615. The van der Waals surface area contributed by atoms with Gasteiger partial charge in [-0.15, -0.1) is 0 Å². The van der Waals surface area contributed by atoms with Crippen molar-refractivity contribution in [1.82, 2.24) is 16.0 Å². The van der Waals surface area contributed by atoms with Crippen LogP contribution in [0.25, 0.3) is 0 Å². The van der Waals surface area contributed by atoms with Gasteiger partial charge in [0, 0.05) is 12.0 Å². The molecule has 0 saturated heterocycles. The number of carbonyl (C=O) groups is 3. The molecular formula is C13H22N4O5. The normalized spacial score (nSPS) is 25.8. The molecule has 3 amide bonds. The number of primary amides is 1. The topological polar surface area (TPSA) is 154 Å². The van der Waals surface area contributed by atoms with Crippen molar-refractivity contribution >= 4 is 17.7 Å². The minimum absolute atomic E-state index is 0.0351. The van der Waals surface area contributed by atoms with Crippen LogP contribution < -0.4 is 21.7 Å². The molecular weight excluding hydrogens is 292 g/mol. The molecule has 0 aromatic rings. The summed E-state index contributed by atoms with van der Waals surface area (Å²) >= 11 is 0. The van der Waals surface area contributed by atoms with Crippen LogP contribution in [0.1, 0.15) is 13.3 Å². The minimum atomic E-state index is -1.22. The van der Waals surface area contributed by atoms with Gasteiger partial charge in [0.1, 0.15) is 12.1 Å². The molecule has 0 aliphatic heterocycles. The van der Waals surface area contributed by atoms with Crippen molar-refractivity contribution < 1.29 is 24.6 Å². The lowest BCUT2D eigenvalue weighted by molar-refractivity contribution is -0.125. The van der Waals surface area contributed by atoms with Gasteiger partial charge < -0.3 is 31.9 Å². The third-order valence-corrected chi connectivity index (χ3v) is 3.30. The molecule has 1 aliphatic rings. The Morgan fingerprint density at radius 2 is 2.05 bits per heavy atom. The molecule has 9 nitrogen and oxygen atoms in total. The first-order valence-corrected chi connectivity index (χ1v) is 6.87. The molecule has 22 heavy (non-hydrogen) atoms. The van der Waals surface area contributed by atoms with Crippen LogP contribution >= 0.6 is 0 Å². The van der Waals surface area contributed by atoms with Crippen LogP contribution in [0.4, 0.5) is 0 Å². The number of nitrogens with two attached hydrogens (primary N) is 1. The van der Waals surface area contributed by atoms with Crippen molar-refractivity contribution in [2.75, 3.05) is 13.6 Å². The predicted octanol–water partition coefficient (Wildman–Crippen LogP) is -3.27. The first kappa shape index (κ1) is 18.1. The van der Waals surface area contributed by atoms with Crippen LogP contribution in [-0.2, 0) is 14.4 Å². The molecule has 124 valence electrons. The average Bonchev–Trinajstić information content (AvgIpc) is 2.43. The molecule has 1 rings (SSSR count). The SMILES string of the molecule is CNCC(=O)NC1C=C(C(=O)NC(C)C(N)=O)CC(O)C1O. The molecule has 9 heteroatoms. The summed E-state index contributed by atoms with van der Waals surface area (Å²) in [7, 11) is 1.59. The van der Waals surface area contributed by atoms with Crippen LogP contribution in [-0.4, -0.2) is 65.8 Å². The van der Waals surface area contributed by atoms with E-state index in [0.29, 0.717) is 0 Å². The third-order valence-electron chi connectivity index (χ3n) is 3.30. The van der Waals surface area contributed by atoms with E-state index < -0.39 is 36.1 Å². The van der Waals surface area contributed by atoms with Crippen molar-refractivity contribution in [3.8, 4) is 0 Å². The van der Waals surface area contributed by atoms with Gasteiger partial charge in [0.25, 0.3) is 0 Å². The molecule has 0 radical (unpaired) electrons. The number of aliphatic hydroxyl groups is 2. The highest BCUT2D eigenvalue weighted by Gasteiger charge is 2.33. The molecule has 0 fully saturated rings. The largest absolute Gasteiger partial charge is 0.390 e. The molecule has 0 bridgehead atoms. The Hall–Kier alpha value is -1.97. The molecule has 4 atom stereocenters. The number of nitrogens with one attached hydrogen (secondary N) is 3. The molecule has 0 aromatic heterocycles. The maximum atomic E-state index is 12.0. The Kier molecular flexibility index (Phi) is 6.47. The molecule has 4 unspecified atom stereocenters. The number of aliphatic hydroxyl groups excluding tert-OH is 2. The highest BCUT2D eigenvalue weighted by molar-refractivity contribution is 5.97. The molecule has 0 aromatic carbocycles. The van der Waals surface area contributed by atoms with Crippen molar-refractivity contribution in [2.24, 2.45) is 5.73 Å². The zero-order chi connectivity index (χ0) is 16.9. The summed E-state index contributed by atoms with van der Waals surface area (Å²) < 4.78 is 0. The summed E-state index contributed by atoms with van der Waals surface area (Å²) in [6.45, 7) is 1.47. The fourth-order valence-corrected chi connectivity index (χ4v) is 2.02. The van der Waals surface area contributed by atoms with Gasteiger partial charge >= 0.3 is 0 Å². The van der Waals surface area contributed by atoms with Gasteiger partial charge in [0.2, 0.25) is 17.7 Å². The first-order chi connectivity index (χ1) is 10.3. The van der Waals surface area contributed by atoms with Crippen LogP contribution in [0, 0.1) is 0 Å². The van der Waals surface area contributed by atoms with E-state index in [1.807, 2.05) is 0 Å². The van der Waals surface area contributed by atoms with Gasteiger partial charge in [0.15, 0.2) is 0 Å². The summed E-state index contributed by atoms with van der Waals surface area (Å²) in [5.74, 6) is -1.66. The number of hydrogen-bond acceptors (Lipinski definition) is 6. The second kappa shape index (κ2) is 7.87. The Morgan fingerprint density at radius 1 is 1.41 bits per heavy atom. The quantitative estimate of drug-likeness (QED) is 0.302. The Balaban J connectivity index is 2.82. The minimum Gasteiger partial charge on any atom is -0.390 e. The van der Waals surface area contributed by atoms with Crippen LogP contribution in [0.2, 0.25) is 0 Å². The third kappa shape index (κ3) is 4.79. The van der Waals surface area contributed by atoms with Gasteiger partial charge in [-0.1, -0.05) is 6.08 Å². The maximum absolute atomic E-state index is 12.0. The van der Waals surface area contributed by atoms with Crippen molar-refractivity contribution in [1.29, 1.82) is 0 Å². The Bertz CT molecular complexity index is 479. The lowest BCUT2D eigenvalue weighted by Crippen LogP contribution is -2.53. The maximum Gasteiger partial charge on any atom is 0.247 e. The first-order valence-electron chi connectivity index (χ1n) is 6.87. The number of likely N-dealkylation sites (N-methyl/N-ethyl adjacent to an activating group) is 1.